The van der Waals surface area contributed by atoms with E-state index in [1.807, 2.05) is 28.1 Å². The van der Waals surface area contributed by atoms with Crippen molar-refractivity contribution in [2.75, 3.05) is 34.3 Å². The Balaban J connectivity index is 4.35. The summed E-state index contributed by atoms with van der Waals surface area (Å²) in [6.07, 6.45) is 1.12. The van der Waals surface area contributed by atoms with Gasteiger partial charge in [0.15, 0.2) is 5.76 Å². The smallest absolute Gasteiger partial charge is 0.331 e. The minimum Gasteiger partial charge on any atom is -0.492 e. The minimum absolute atomic E-state index is 0.499. The van der Waals surface area contributed by atoms with Gasteiger partial charge in [0.05, 0.1) is 33.8 Å². The fourth-order valence-corrected chi connectivity index (χ4v) is 0.924. The first-order chi connectivity index (χ1) is 5.85. The second kappa shape index (κ2) is 4.87. The minimum atomic E-state index is -0.961. The highest BCUT2D eigenvalue weighted by atomic mass is 16.5. The Bertz CT molecular complexity index is 203. The van der Waals surface area contributed by atoms with Crippen LogP contribution in [0.1, 0.15) is 6.92 Å². The molecule has 0 bridgehead atoms. The first-order valence-corrected chi connectivity index (χ1v) is 4.22. The standard InChI is InChI=1S/C9H17NO3/c1-5-13-8(6-9(11)12)7-10(2,3)4/h6H,5,7H2,1-4H3/p+1. The van der Waals surface area contributed by atoms with Crippen molar-refractivity contribution in [3.05, 3.63) is 11.8 Å². The summed E-state index contributed by atoms with van der Waals surface area (Å²) in [5.74, 6) is -0.445. The summed E-state index contributed by atoms with van der Waals surface area (Å²) in [7, 11) is 5.94. The molecular formula is C9H18NO3+. The average Bonchev–Trinajstić information content (AvgIpc) is 1.81. The molecule has 0 atom stereocenters. The Morgan fingerprint density at radius 3 is 2.31 bits per heavy atom. The first kappa shape index (κ1) is 12.0. The van der Waals surface area contributed by atoms with Crippen LogP contribution in [-0.2, 0) is 9.53 Å². The third-order valence-electron chi connectivity index (χ3n) is 1.24. The molecule has 0 rings (SSSR count). The van der Waals surface area contributed by atoms with Crippen LogP contribution in [-0.4, -0.2) is 49.9 Å². The molecule has 0 aliphatic rings. The molecule has 0 amide bonds. The number of quaternary nitrogens is 1. The van der Waals surface area contributed by atoms with Crippen LogP contribution >= 0.6 is 0 Å². The van der Waals surface area contributed by atoms with Gasteiger partial charge >= 0.3 is 5.97 Å². The summed E-state index contributed by atoms with van der Waals surface area (Å²) in [6, 6.07) is 0. The van der Waals surface area contributed by atoms with Crippen LogP contribution < -0.4 is 0 Å². The summed E-state index contributed by atoms with van der Waals surface area (Å²) < 4.78 is 5.85. The fourth-order valence-electron chi connectivity index (χ4n) is 0.924. The van der Waals surface area contributed by atoms with Gasteiger partial charge in [-0.25, -0.2) is 4.79 Å². The van der Waals surface area contributed by atoms with Gasteiger partial charge in [0.1, 0.15) is 6.54 Å². The second-order valence-electron chi connectivity index (χ2n) is 3.83. The number of hydrogen-bond donors (Lipinski definition) is 1. The predicted octanol–water partition coefficient (Wildman–Crippen LogP) is 0.698. The molecule has 13 heavy (non-hydrogen) atoms. The van der Waals surface area contributed by atoms with Crippen LogP contribution in [0.5, 0.6) is 0 Å². The van der Waals surface area contributed by atoms with Crippen LogP contribution in [0.4, 0.5) is 0 Å². The van der Waals surface area contributed by atoms with Crippen molar-refractivity contribution in [3.8, 4) is 0 Å². The van der Waals surface area contributed by atoms with Crippen molar-refractivity contribution in [1.82, 2.24) is 0 Å². The number of nitrogens with zero attached hydrogens (tertiary/aromatic N) is 1. The summed E-state index contributed by atoms with van der Waals surface area (Å²) in [5.41, 5.74) is 0. The molecule has 0 fully saturated rings. The molecule has 0 aliphatic carbocycles. The molecule has 0 saturated carbocycles. The van der Waals surface area contributed by atoms with Crippen LogP contribution in [0.15, 0.2) is 11.8 Å². The maximum atomic E-state index is 10.4. The molecule has 0 spiro atoms. The highest BCUT2D eigenvalue weighted by Crippen LogP contribution is 2.03. The van der Waals surface area contributed by atoms with E-state index in [0.29, 0.717) is 23.4 Å². The van der Waals surface area contributed by atoms with Gasteiger partial charge in [0.2, 0.25) is 0 Å². The molecular weight excluding hydrogens is 170 g/mol. The number of carbonyl (C=O) groups is 1. The maximum absolute atomic E-state index is 10.4. The summed E-state index contributed by atoms with van der Waals surface area (Å²) in [6.45, 7) is 2.92. The van der Waals surface area contributed by atoms with Crippen molar-refractivity contribution in [3.63, 3.8) is 0 Å². The average molecular weight is 188 g/mol. The zero-order valence-electron chi connectivity index (χ0n) is 8.70. The lowest BCUT2D eigenvalue weighted by atomic mass is 10.4. The first-order valence-electron chi connectivity index (χ1n) is 4.22. The summed E-state index contributed by atoms with van der Waals surface area (Å²) >= 11 is 0. The summed E-state index contributed by atoms with van der Waals surface area (Å²) in [4.78, 5) is 10.4. The SMILES string of the molecule is CCOC(=CC(=O)O)C[N+](C)(C)C. The van der Waals surface area contributed by atoms with E-state index in [2.05, 4.69) is 0 Å². The van der Waals surface area contributed by atoms with Gasteiger partial charge in [0, 0.05) is 0 Å². The molecule has 0 radical (unpaired) electrons. The van der Waals surface area contributed by atoms with E-state index >= 15 is 0 Å². The fraction of sp³-hybridized carbons (Fsp3) is 0.667. The van der Waals surface area contributed by atoms with Crippen molar-refractivity contribution in [2.24, 2.45) is 0 Å². The van der Waals surface area contributed by atoms with Gasteiger partial charge in [0.25, 0.3) is 0 Å². The van der Waals surface area contributed by atoms with Crippen LogP contribution in [0.3, 0.4) is 0 Å². The molecule has 1 N–H and O–H groups in total. The van der Waals surface area contributed by atoms with E-state index in [9.17, 15) is 4.79 Å². The van der Waals surface area contributed by atoms with Gasteiger partial charge in [-0.1, -0.05) is 0 Å². The molecule has 0 unspecified atom stereocenters. The van der Waals surface area contributed by atoms with E-state index < -0.39 is 5.97 Å². The van der Waals surface area contributed by atoms with E-state index in [0.717, 1.165) is 6.08 Å². The van der Waals surface area contributed by atoms with Crippen molar-refractivity contribution in [1.29, 1.82) is 0 Å². The van der Waals surface area contributed by atoms with E-state index in [-0.39, 0.29) is 0 Å². The monoisotopic (exact) mass is 188 g/mol. The van der Waals surface area contributed by atoms with Crippen molar-refractivity contribution >= 4 is 5.97 Å². The number of likely N-dealkylation sites (N-methyl/N-ethyl adjacent to an activating group) is 1. The number of hydrogen-bond acceptors (Lipinski definition) is 2. The molecule has 0 saturated heterocycles. The molecule has 76 valence electrons. The lowest BCUT2D eigenvalue weighted by Crippen LogP contribution is -2.36. The normalized spacial score (nSPS) is 12.8. The van der Waals surface area contributed by atoms with Crippen molar-refractivity contribution in [2.45, 2.75) is 6.92 Å². The lowest BCUT2D eigenvalue weighted by Gasteiger charge is -2.24. The molecule has 0 aromatic carbocycles. The molecule has 4 nitrogen and oxygen atoms in total. The number of aliphatic carboxylic acids is 1. The van der Waals surface area contributed by atoms with Gasteiger partial charge in [-0.3, -0.25) is 0 Å². The van der Waals surface area contributed by atoms with Gasteiger partial charge in [-0.15, -0.1) is 0 Å². The second-order valence-corrected chi connectivity index (χ2v) is 3.83. The third-order valence-corrected chi connectivity index (χ3v) is 1.24. The Morgan fingerprint density at radius 1 is 1.46 bits per heavy atom. The molecule has 0 aliphatic heterocycles. The summed E-state index contributed by atoms with van der Waals surface area (Å²) in [5, 5.41) is 8.54. The number of rotatable bonds is 5. The zero-order chi connectivity index (χ0) is 10.5. The maximum Gasteiger partial charge on any atom is 0.331 e. The molecule has 0 aromatic heterocycles. The lowest BCUT2D eigenvalue weighted by molar-refractivity contribution is -0.866. The Hall–Kier alpha value is -1.03. The predicted molar refractivity (Wildman–Crippen MR) is 50.2 cm³/mol. The van der Waals surface area contributed by atoms with E-state index in [4.69, 9.17) is 9.84 Å². The van der Waals surface area contributed by atoms with Crippen LogP contribution in [0.25, 0.3) is 0 Å². The Kier molecular flexibility index (Phi) is 4.48. The highest BCUT2D eigenvalue weighted by molar-refractivity contribution is 5.80. The number of carboxylic acid groups (broad SMARTS) is 1. The Morgan fingerprint density at radius 2 is 2.00 bits per heavy atom. The zero-order valence-corrected chi connectivity index (χ0v) is 8.70. The Labute approximate surface area is 79.0 Å². The van der Waals surface area contributed by atoms with Gasteiger partial charge < -0.3 is 14.3 Å². The molecule has 0 aromatic rings. The van der Waals surface area contributed by atoms with Crippen LogP contribution in [0, 0.1) is 0 Å². The quantitative estimate of drug-likeness (QED) is 0.392. The molecule has 0 heterocycles. The highest BCUT2D eigenvalue weighted by Gasteiger charge is 2.12. The number of ether oxygens (including phenoxy) is 1. The third kappa shape index (κ3) is 7.33. The largest absolute Gasteiger partial charge is 0.492 e. The topological polar surface area (TPSA) is 46.5 Å². The van der Waals surface area contributed by atoms with Gasteiger partial charge in [-0.2, -0.15) is 0 Å². The van der Waals surface area contributed by atoms with Crippen LogP contribution in [0.2, 0.25) is 0 Å². The molecule has 4 heteroatoms. The number of carboxylic acids is 1. The van der Waals surface area contributed by atoms with Gasteiger partial charge in [-0.05, 0) is 6.92 Å². The van der Waals surface area contributed by atoms with E-state index in [1.165, 1.54) is 0 Å². The van der Waals surface area contributed by atoms with E-state index in [1.54, 1.807) is 0 Å². The van der Waals surface area contributed by atoms with Crippen molar-refractivity contribution < 1.29 is 19.1 Å².